The second-order valence-electron chi connectivity index (χ2n) is 7.97. The van der Waals surface area contributed by atoms with Gasteiger partial charge in [-0.15, -0.1) is 0 Å². The van der Waals surface area contributed by atoms with E-state index in [-0.39, 0.29) is 6.10 Å². The van der Waals surface area contributed by atoms with Crippen molar-refractivity contribution in [2.75, 3.05) is 0 Å². The van der Waals surface area contributed by atoms with E-state index in [0.29, 0.717) is 17.8 Å². The Hall–Kier alpha value is -1.97. The Morgan fingerprint density at radius 2 is 1.86 bits per heavy atom. The van der Waals surface area contributed by atoms with Crippen LogP contribution in [0.25, 0.3) is 11.0 Å². The van der Waals surface area contributed by atoms with Crippen molar-refractivity contribution in [2.45, 2.75) is 69.6 Å². The molecule has 1 saturated heterocycles. The predicted octanol–water partition coefficient (Wildman–Crippen LogP) is 0.719. The summed E-state index contributed by atoms with van der Waals surface area (Å²) in [7, 11) is 0. The quantitative estimate of drug-likeness (QED) is 0.654. The molecule has 8 nitrogen and oxygen atoms in total. The molecule has 6 atom stereocenters. The third-order valence-electron chi connectivity index (χ3n) is 5.48. The van der Waals surface area contributed by atoms with Crippen molar-refractivity contribution in [3.63, 3.8) is 0 Å². The molecule has 0 radical (unpaired) electrons. The van der Waals surface area contributed by atoms with Crippen molar-refractivity contribution < 1.29 is 33.9 Å². The molecule has 4 rings (SSSR count). The van der Waals surface area contributed by atoms with Crippen LogP contribution in [0.1, 0.15) is 26.3 Å². The molecular weight excluding hydrogens is 368 g/mol. The summed E-state index contributed by atoms with van der Waals surface area (Å²) in [6.45, 7) is 5.22. The zero-order valence-electron chi connectivity index (χ0n) is 15.9. The molecule has 2 aliphatic heterocycles. The Bertz CT molecular complexity index is 935. The minimum Gasteiger partial charge on any atom is -0.487 e. The summed E-state index contributed by atoms with van der Waals surface area (Å²) in [5.74, 6) is 0.609. The van der Waals surface area contributed by atoms with Crippen molar-refractivity contribution in [2.24, 2.45) is 0 Å². The standard InChI is InChI=1S/C20H24O8/c1-9-16(22)17(23)18(24)19(25-9)28-20(2,3)14-7-11-6-10-4-5-15(21)27-12(10)8-13(11)26-14/h4-6,8-9,14,16-19,22-24H,7H2,1-3H3/t9-,14-,16-,17+,18+,19-/m0/s1. The molecule has 0 bridgehead atoms. The number of rotatable bonds is 3. The van der Waals surface area contributed by atoms with Crippen LogP contribution < -0.4 is 10.4 Å². The van der Waals surface area contributed by atoms with Crippen LogP contribution in [-0.4, -0.2) is 57.7 Å². The molecule has 2 aliphatic rings. The largest absolute Gasteiger partial charge is 0.487 e. The lowest BCUT2D eigenvalue weighted by atomic mass is 9.95. The molecule has 1 aromatic carbocycles. The van der Waals surface area contributed by atoms with E-state index in [1.807, 2.05) is 19.9 Å². The maximum absolute atomic E-state index is 11.4. The smallest absolute Gasteiger partial charge is 0.336 e. The fourth-order valence-electron chi connectivity index (χ4n) is 3.68. The van der Waals surface area contributed by atoms with E-state index in [4.69, 9.17) is 18.6 Å². The van der Waals surface area contributed by atoms with Gasteiger partial charge in [0.25, 0.3) is 0 Å². The predicted molar refractivity (Wildman–Crippen MR) is 98.1 cm³/mol. The van der Waals surface area contributed by atoms with E-state index < -0.39 is 41.9 Å². The molecule has 0 saturated carbocycles. The first-order valence-electron chi connectivity index (χ1n) is 9.26. The van der Waals surface area contributed by atoms with Gasteiger partial charge in [-0.3, -0.25) is 0 Å². The van der Waals surface area contributed by atoms with Gasteiger partial charge in [-0.25, -0.2) is 4.79 Å². The van der Waals surface area contributed by atoms with Crippen LogP contribution in [-0.2, 0) is 15.9 Å². The van der Waals surface area contributed by atoms with Crippen LogP contribution >= 0.6 is 0 Å². The fraction of sp³-hybridized carbons (Fsp3) is 0.550. The molecule has 1 aromatic heterocycles. The summed E-state index contributed by atoms with van der Waals surface area (Å²) >= 11 is 0. The summed E-state index contributed by atoms with van der Waals surface area (Å²) in [5.41, 5.74) is 0.0999. The maximum Gasteiger partial charge on any atom is 0.336 e. The molecule has 28 heavy (non-hydrogen) atoms. The van der Waals surface area contributed by atoms with E-state index in [2.05, 4.69) is 0 Å². The first-order valence-corrected chi connectivity index (χ1v) is 9.26. The highest BCUT2D eigenvalue weighted by Crippen LogP contribution is 2.38. The van der Waals surface area contributed by atoms with Crippen molar-refractivity contribution in [3.8, 4) is 5.75 Å². The van der Waals surface area contributed by atoms with Crippen LogP contribution in [0, 0.1) is 0 Å². The number of fused-ring (bicyclic) bond motifs is 2. The molecule has 0 aliphatic carbocycles. The molecular formula is C20H24O8. The summed E-state index contributed by atoms with van der Waals surface area (Å²) in [6.07, 6.45) is -5.55. The maximum atomic E-state index is 11.4. The first kappa shape index (κ1) is 19.4. The summed E-state index contributed by atoms with van der Waals surface area (Å²) in [5, 5.41) is 30.8. The Labute approximate surface area is 161 Å². The van der Waals surface area contributed by atoms with Gasteiger partial charge >= 0.3 is 5.63 Å². The van der Waals surface area contributed by atoms with Gasteiger partial charge in [-0.2, -0.15) is 0 Å². The minimum absolute atomic E-state index is 0.388. The van der Waals surface area contributed by atoms with Crippen molar-refractivity contribution in [1.82, 2.24) is 0 Å². The molecule has 0 unspecified atom stereocenters. The molecule has 2 aromatic rings. The Kier molecular flexibility index (Phi) is 4.71. The molecule has 8 heteroatoms. The van der Waals surface area contributed by atoms with Gasteiger partial charge in [0.1, 0.15) is 41.3 Å². The van der Waals surface area contributed by atoms with Crippen LogP contribution in [0.3, 0.4) is 0 Å². The van der Waals surface area contributed by atoms with Gasteiger partial charge < -0.3 is 33.9 Å². The van der Waals surface area contributed by atoms with Crippen molar-refractivity contribution in [3.05, 3.63) is 40.2 Å². The lowest BCUT2D eigenvalue weighted by Crippen LogP contribution is -2.60. The van der Waals surface area contributed by atoms with Crippen molar-refractivity contribution in [1.29, 1.82) is 0 Å². The van der Waals surface area contributed by atoms with Crippen LogP contribution in [0.5, 0.6) is 5.75 Å². The van der Waals surface area contributed by atoms with Gasteiger partial charge in [0.05, 0.1) is 6.10 Å². The number of benzene rings is 1. The van der Waals surface area contributed by atoms with Gasteiger partial charge in [0.2, 0.25) is 0 Å². The highest BCUT2D eigenvalue weighted by molar-refractivity contribution is 5.79. The first-order chi connectivity index (χ1) is 13.2. The molecule has 0 amide bonds. The highest BCUT2D eigenvalue weighted by Gasteiger charge is 2.47. The lowest BCUT2D eigenvalue weighted by Gasteiger charge is -2.43. The number of ether oxygens (including phenoxy) is 3. The Balaban J connectivity index is 1.53. The number of hydrogen-bond donors (Lipinski definition) is 3. The van der Waals surface area contributed by atoms with E-state index in [1.165, 1.54) is 6.07 Å². The lowest BCUT2D eigenvalue weighted by molar-refractivity contribution is -0.323. The zero-order chi connectivity index (χ0) is 20.2. The average molecular weight is 392 g/mol. The van der Waals surface area contributed by atoms with Crippen LogP contribution in [0.2, 0.25) is 0 Å². The third-order valence-corrected chi connectivity index (χ3v) is 5.48. The van der Waals surface area contributed by atoms with Crippen LogP contribution in [0.4, 0.5) is 0 Å². The highest BCUT2D eigenvalue weighted by atomic mass is 16.7. The van der Waals surface area contributed by atoms with E-state index in [1.54, 1.807) is 19.1 Å². The van der Waals surface area contributed by atoms with E-state index in [0.717, 1.165) is 10.9 Å². The van der Waals surface area contributed by atoms with E-state index in [9.17, 15) is 20.1 Å². The topological polar surface area (TPSA) is 119 Å². The second-order valence-corrected chi connectivity index (χ2v) is 7.97. The fourth-order valence-corrected chi connectivity index (χ4v) is 3.68. The van der Waals surface area contributed by atoms with E-state index >= 15 is 0 Å². The number of aliphatic hydroxyl groups is 3. The molecule has 3 N–H and O–H groups in total. The Morgan fingerprint density at radius 1 is 1.11 bits per heavy atom. The Morgan fingerprint density at radius 3 is 2.61 bits per heavy atom. The normalized spacial score (nSPS) is 32.9. The third kappa shape index (κ3) is 3.31. The number of aliphatic hydroxyl groups excluding tert-OH is 3. The second kappa shape index (κ2) is 6.82. The van der Waals surface area contributed by atoms with Crippen molar-refractivity contribution >= 4 is 11.0 Å². The monoisotopic (exact) mass is 392 g/mol. The van der Waals surface area contributed by atoms with Gasteiger partial charge in [-0.05, 0) is 38.5 Å². The SMILES string of the molecule is C[C@@H]1O[C@@H](OC(C)(C)[C@@H]2Cc3cc4ccc(=O)oc4cc3O2)[C@H](O)[C@H](O)[C@H]1O. The van der Waals surface area contributed by atoms with Gasteiger partial charge in [-0.1, -0.05) is 0 Å². The molecule has 0 spiro atoms. The number of hydrogen-bond acceptors (Lipinski definition) is 8. The zero-order valence-corrected chi connectivity index (χ0v) is 15.9. The molecule has 1 fully saturated rings. The van der Waals surface area contributed by atoms with Gasteiger partial charge in [0.15, 0.2) is 6.29 Å². The van der Waals surface area contributed by atoms with Gasteiger partial charge in [0, 0.05) is 23.9 Å². The summed E-state index contributed by atoms with van der Waals surface area (Å²) in [4.78, 5) is 11.4. The minimum atomic E-state index is -1.38. The summed E-state index contributed by atoms with van der Waals surface area (Å²) < 4.78 is 22.8. The average Bonchev–Trinajstić information content (AvgIpc) is 3.06. The summed E-state index contributed by atoms with van der Waals surface area (Å²) in [6, 6.07) is 6.68. The van der Waals surface area contributed by atoms with Crippen LogP contribution in [0.15, 0.2) is 33.5 Å². The molecule has 3 heterocycles. The molecule has 152 valence electrons.